The molecule has 3 aromatic rings. The zero-order valence-electron chi connectivity index (χ0n) is 18.7. The molecule has 2 aromatic carbocycles. The maximum absolute atomic E-state index is 13.6. The topological polar surface area (TPSA) is 93.5 Å². The maximum Gasteiger partial charge on any atom is 0.261 e. The monoisotopic (exact) mass is 456 g/mol. The third-order valence-electron chi connectivity index (χ3n) is 5.59. The molecule has 1 aliphatic rings. The second-order valence-electron chi connectivity index (χ2n) is 8.18. The molecular weight excluding hydrogens is 428 g/mol. The third kappa shape index (κ3) is 4.22. The van der Waals surface area contributed by atoms with Crippen molar-refractivity contribution in [1.82, 2.24) is 14.5 Å². The molecule has 0 spiro atoms. The molecule has 1 aromatic heterocycles. The number of nitrogens with one attached hydrogen (secondary N) is 1. The molecule has 32 heavy (non-hydrogen) atoms. The molecule has 170 valence electrons. The average Bonchev–Trinajstić information content (AvgIpc) is 3.07. The number of ether oxygens (including phenoxy) is 1. The van der Waals surface area contributed by atoms with Crippen molar-refractivity contribution in [2.24, 2.45) is 0 Å². The van der Waals surface area contributed by atoms with E-state index < -0.39 is 10.0 Å². The lowest BCUT2D eigenvalue weighted by molar-refractivity contribution is -0.0585. The van der Waals surface area contributed by atoms with E-state index in [4.69, 9.17) is 4.74 Å². The van der Waals surface area contributed by atoms with Crippen LogP contribution in [0.1, 0.15) is 37.0 Å². The Morgan fingerprint density at radius 1 is 1.16 bits per heavy atom. The van der Waals surface area contributed by atoms with Gasteiger partial charge in [-0.15, -0.1) is 0 Å². The number of hydrogen-bond donors (Lipinski definition) is 1. The minimum absolute atomic E-state index is 0.0734. The van der Waals surface area contributed by atoms with Crippen molar-refractivity contribution < 1.29 is 17.9 Å². The number of benzene rings is 2. The second kappa shape index (κ2) is 8.55. The van der Waals surface area contributed by atoms with Gasteiger partial charge in [-0.1, -0.05) is 18.2 Å². The number of carbonyl (C=O) groups is 1. The van der Waals surface area contributed by atoms with Crippen LogP contribution in [0.3, 0.4) is 0 Å². The van der Waals surface area contributed by atoms with Gasteiger partial charge in [0.25, 0.3) is 15.9 Å². The first-order valence-corrected chi connectivity index (χ1v) is 12.2. The summed E-state index contributed by atoms with van der Waals surface area (Å²) in [7, 11) is -3.81. The molecule has 1 fully saturated rings. The Balaban J connectivity index is 1.81. The van der Waals surface area contributed by atoms with E-state index in [-0.39, 0.29) is 23.0 Å². The highest BCUT2D eigenvalue weighted by Crippen LogP contribution is 2.29. The Kier molecular flexibility index (Phi) is 5.96. The van der Waals surface area contributed by atoms with Crippen LogP contribution >= 0.6 is 0 Å². The number of anilines is 1. The van der Waals surface area contributed by atoms with Crippen LogP contribution in [-0.2, 0) is 21.3 Å². The number of amides is 1. The second-order valence-corrected chi connectivity index (χ2v) is 9.86. The fourth-order valence-electron chi connectivity index (χ4n) is 4.32. The molecule has 9 heteroatoms. The van der Waals surface area contributed by atoms with Crippen molar-refractivity contribution in [2.45, 2.75) is 51.3 Å². The summed E-state index contributed by atoms with van der Waals surface area (Å²) in [5.41, 5.74) is 2.02. The van der Waals surface area contributed by atoms with Crippen molar-refractivity contribution in [3.63, 3.8) is 0 Å². The standard InChI is InChI=1S/C23H28N4O4S/c1-5-27-17(4)24-21-12-18(25-32(29,30)19-9-7-6-8-10-19)11-20(22(21)27)23(28)26-13-15(2)31-16(3)14-26/h6-12,15-16,25H,5,13-14H2,1-4H3/t15-,16+. The lowest BCUT2D eigenvalue weighted by atomic mass is 10.1. The van der Waals surface area contributed by atoms with E-state index in [1.165, 1.54) is 12.1 Å². The molecule has 2 heterocycles. The van der Waals surface area contributed by atoms with E-state index in [0.717, 1.165) is 5.82 Å². The number of nitrogens with zero attached hydrogens (tertiary/aromatic N) is 3. The number of carbonyl (C=O) groups excluding carboxylic acids is 1. The SMILES string of the molecule is CCn1c(C)nc2cc(NS(=O)(=O)c3ccccc3)cc(C(=O)N3C[C@@H](C)O[C@@H](C)C3)c21. The van der Waals surface area contributed by atoms with Crippen LogP contribution < -0.4 is 4.72 Å². The van der Waals surface area contributed by atoms with Gasteiger partial charge in [0, 0.05) is 19.6 Å². The first-order valence-electron chi connectivity index (χ1n) is 10.7. The van der Waals surface area contributed by atoms with Gasteiger partial charge >= 0.3 is 0 Å². The molecule has 0 aliphatic carbocycles. The van der Waals surface area contributed by atoms with Crippen molar-refractivity contribution in [2.75, 3.05) is 17.8 Å². The Bertz CT molecular complexity index is 1240. The van der Waals surface area contributed by atoms with Gasteiger partial charge in [0.1, 0.15) is 5.82 Å². The van der Waals surface area contributed by atoms with Crippen LogP contribution in [0.5, 0.6) is 0 Å². The third-order valence-corrected chi connectivity index (χ3v) is 6.99. The van der Waals surface area contributed by atoms with Gasteiger partial charge in [-0.3, -0.25) is 9.52 Å². The molecule has 0 saturated carbocycles. The highest BCUT2D eigenvalue weighted by molar-refractivity contribution is 7.92. The maximum atomic E-state index is 13.6. The van der Waals surface area contributed by atoms with Gasteiger partial charge in [0.15, 0.2) is 0 Å². The molecule has 0 bridgehead atoms. The smallest absolute Gasteiger partial charge is 0.261 e. The van der Waals surface area contributed by atoms with Crippen LogP contribution in [0.15, 0.2) is 47.4 Å². The highest BCUT2D eigenvalue weighted by atomic mass is 32.2. The summed E-state index contributed by atoms with van der Waals surface area (Å²) in [5, 5.41) is 0. The number of hydrogen-bond acceptors (Lipinski definition) is 5. The molecule has 0 radical (unpaired) electrons. The van der Waals surface area contributed by atoms with Gasteiger partial charge < -0.3 is 14.2 Å². The summed E-state index contributed by atoms with van der Waals surface area (Å²) in [6.45, 7) is 9.35. The van der Waals surface area contributed by atoms with Crippen molar-refractivity contribution in [3.8, 4) is 0 Å². The Morgan fingerprint density at radius 2 is 1.81 bits per heavy atom. The van der Waals surface area contributed by atoms with Crippen LogP contribution in [0, 0.1) is 6.92 Å². The molecule has 0 unspecified atom stereocenters. The summed E-state index contributed by atoms with van der Waals surface area (Å²) < 4.78 is 36.1. The van der Waals surface area contributed by atoms with E-state index in [1.54, 1.807) is 35.2 Å². The molecule has 8 nitrogen and oxygen atoms in total. The first-order chi connectivity index (χ1) is 15.2. The van der Waals surface area contributed by atoms with Crippen molar-refractivity contribution in [3.05, 3.63) is 53.9 Å². The number of rotatable bonds is 5. The van der Waals surface area contributed by atoms with Crippen molar-refractivity contribution in [1.29, 1.82) is 0 Å². The van der Waals surface area contributed by atoms with Gasteiger partial charge in [0.2, 0.25) is 0 Å². The number of morpholine rings is 1. The zero-order valence-corrected chi connectivity index (χ0v) is 19.5. The summed E-state index contributed by atoms with van der Waals surface area (Å²) in [6, 6.07) is 11.4. The lowest BCUT2D eigenvalue weighted by Crippen LogP contribution is -2.48. The summed E-state index contributed by atoms with van der Waals surface area (Å²) in [4.78, 5) is 20.1. The Morgan fingerprint density at radius 3 is 2.44 bits per heavy atom. The highest BCUT2D eigenvalue weighted by Gasteiger charge is 2.29. The fraction of sp³-hybridized carbons (Fsp3) is 0.391. The number of fused-ring (bicyclic) bond motifs is 1. The Labute approximate surface area is 188 Å². The predicted molar refractivity (Wildman–Crippen MR) is 123 cm³/mol. The van der Waals surface area contributed by atoms with E-state index in [9.17, 15) is 13.2 Å². The molecule has 4 rings (SSSR count). The van der Waals surface area contributed by atoms with Gasteiger partial charge in [-0.2, -0.15) is 0 Å². The Hall–Kier alpha value is -2.91. The average molecular weight is 457 g/mol. The zero-order chi connectivity index (χ0) is 23.0. The number of aryl methyl sites for hydroxylation is 2. The summed E-state index contributed by atoms with van der Waals surface area (Å²) in [5.74, 6) is 0.607. The largest absolute Gasteiger partial charge is 0.372 e. The fourth-order valence-corrected chi connectivity index (χ4v) is 5.38. The molecule has 1 aliphatic heterocycles. The number of sulfonamides is 1. The van der Waals surface area contributed by atoms with E-state index in [1.807, 2.05) is 32.3 Å². The van der Waals surface area contributed by atoms with Gasteiger partial charge in [0.05, 0.1) is 39.4 Å². The number of imidazole rings is 1. The quantitative estimate of drug-likeness (QED) is 0.635. The van der Waals surface area contributed by atoms with Gasteiger partial charge in [-0.05, 0) is 52.0 Å². The minimum Gasteiger partial charge on any atom is -0.372 e. The molecule has 2 atom stereocenters. The lowest BCUT2D eigenvalue weighted by Gasteiger charge is -2.35. The number of aromatic nitrogens is 2. The molecule has 1 N–H and O–H groups in total. The normalized spacial score (nSPS) is 19.3. The van der Waals surface area contributed by atoms with Gasteiger partial charge in [-0.25, -0.2) is 13.4 Å². The van der Waals surface area contributed by atoms with E-state index in [2.05, 4.69) is 9.71 Å². The molecule has 1 amide bonds. The van der Waals surface area contributed by atoms with E-state index in [0.29, 0.717) is 41.9 Å². The summed E-state index contributed by atoms with van der Waals surface area (Å²) >= 11 is 0. The van der Waals surface area contributed by atoms with Crippen LogP contribution in [0.2, 0.25) is 0 Å². The summed E-state index contributed by atoms with van der Waals surface area (Å²) in [6.07, 6.45) is -0.147. The van der Waals surface area contributed by atoms with Crippen LogP contribution in [0.4, 0.5) is 5.69 Å². The molecular formula is C23H28N4O4S. The molecule has 1 saturated heterocycles. The van der Waals surface area contributed by atoms with E-state index >= 15 is 0 Å². The minimum atomic E-state index is -3.81. The first kappa shape index (κ1) is 22.3. The van der Waals surface area contributed by atoms with Crippen molar-refractivity contribution >= 4 is 32.7 Å². The predicted octanol–water partition coefficient (Wildman–Crippen LogP) is 3.41. The van der Waals surface area contributed by atoms with Crippen LogP contribution in [-0.4, -0.2) is 54.1 Å². The van der Waals surface area contributed by atoms with Crippen LogP contribution in [0.25, 0.3) is 11.0 Å².